The fraction of sp³-hybridized carbons (Fsp3) is 0.464. The maximum absolute atomic E-state index is 13.8. The number of fused-ring (bicyclic) bond motifs is 1. The van der Waals surface area contributed by atoms with E-state index in [0.717, 1.165) is 61.5 Å². The SMILES string of the molecule is NCCCCCS(=O)(=O)Nc1ccc2cc(CC3CCC(C(=O)NCc4ccccc4F)CC3)[nH]c2c1. The number of unbranched alkanes of at least 4 members (excludes halogenated alkanes) is 2. The molecule has 5 N–H and O–H groups in total. The Balaban J connectivity index is 1.26. The van der Waals surface area contributed by atoms with Crippen LogP contribution in [0.1, 0.15) is 56.2 Å². The van der Waals surface area contributed by atoms with Gasteiger partial charge in [0.2, 0.25) is 15.9 Å². The summed E-state index contributed by atoms with van der Waals surface area (Å²) in [6.07, 6.45) is 6.69. The quantitative estimate of drug-likeness (QED) is 0.252. The number of benzene rings is 2. The van der Waals surface area contributed by atoms with E-state index in [9.17, 15) is 17.6 Å². The minimum Gasteiger partial charge on any atom is -0.358 e. The first-order valence-electron chi connectivity index (χ1n) is 13.2. The Bertz CT molecular complexity index is 1300. The van der Waals surface area contributed by atoms with Gasteiger partial charge in [-0.3, -0.25) is 9.52 Å². The first-order chi connectivity index (χ1) is 17.8. The van der Waals surface area contributed by atoms with Crippen molar-refractivity contribution in [1.29, 1.82) is 0 Å². The summed E-state index contributed by atoms with van der Waals surface area (Å²) in [5.41, 5.74) is 8.55. The summed E-state index contributed by atoms with van der Waals surface area (Å²) >= 11 is 0. The lowest BCUT2D eigenvalue weighted by molar-refractivity contribution is -0.126. The second kappa shape index (κ2) is 12.6. The molecule has 3 aromatic rings. The molecule has 0 saturated heterocycles. The molecule has 0 radical (unpaired) electrons. The Morgan fingerprint density at radius 2 is 1.81 bits per heavy atom. The van der Waals surface area contributed by atoms with Crippen molar-refractivity contribution < 1.29 is 17.6 Å². The van der Waals surface area contributed by atoms with Gasteiger partial charge in [-0.2, -0.15) is 0 Å². The smallest absolute Gasteiger partial charge is 0.232 e. The van der Waals surface area contributed by atoms with Crippen LogP contribution in [0.25, 0.3) is 10.9 Å². The van der Waals surface area contributed by atoms with Crippen molar-refractivity contribution in [2.24, 2.45) is 17.6 Å². The van der Waals surface area contributed by atoms with Crippen molar-refractivity contribution in [3.63, 3.8) is 0 Å². The summed E-state index contributed by atoms with van der Waals surface area (Å²) in [7, 11) is -3.39. The molecule has 1 aromatic heterocycles. The number of anilines is 1. The van der Waals surface area contributed by atoms with Gasteiger partial charge in [-0.15, -0.1) is 0 Å². The first kappa shape index (κ1) is 27.1. The number of H-pyrrole nitrogens is 1. The van der Waals surface area contributed by atoms with Crippen LogP contribution in [0.2, 0.25) is 0 Å². The summed E-state index contributed by atoms with van der Waals surface area (Å²) in [6.45, 7) is 0.792. The third-order valence-corrected chi connectivity index (χ3v) is 8.58. The molecule has 0 atom stereocenters. The number of amides is 1. The van der Waals surface area contributed by atoms with E-state index in [2.05, 4.69) is 21.1 Å². The normalized spacial score (nSPS) is 18.1. The lowest BCUT2D eigenvalue weighted by Gasteiger charge is -2.27. The molecule has 1 aliphatic rings. The number of aromatic nitrogens is 1. The minimum absolute atomic E-state index is 0.00155. The van der Waals surface area contributed by atoms with Crippen LogP contribution in [0.5, 0.6) is 0 Å². The van der Waals surface area contributed by atoms with Crippen molar-refractivity contribution in [3.8, 4) is 0 Å². The molecular weight excluding hydrogens is 491 g/mol. The summed E-state index contributed by atoms with van der Waals surface area (Å²) in [5.74, 6) is 0.242. The standard InChI is InChI=1S/C28H37FN4O3S/c29-26-7-3-2-6-23(26)19-31-28(34)21-10-8-20(9-11-21)16-25-17-22-12-13-24(18-27(22)32-25)33-37(35,36)15-5-1-4-14-30/h2-3,6-7,12-13,17-18,20-21,32-33H,1,4-5,8-11,14-16,19,30H2,(H,31,34). The van der Waals surface area contributed by atoms with E-state index in [1.54, 1.807) is 24.3 Å². The summed E-state index contributed by atoms with van der Waals surface area (Å²) < 4.78 is 41.2. The second-order valence-electron chi connectivity index (χ2n) is 10.1. The highest BCUT2D eigenvalue weighted by molar-refractivity contribution is 7.92. The number of halogens is 1. The Labute approximate surface area is 218 Å². The number of hydrogen-bond acceptors (Lipinski definition) is 4. The predicted octanol–water partition coefficient (Wildman–Crippen LogP) is 4.84. The molecule has 0 bridgehead atoms. The third kappa shape index (κ3) is 7.79. The van der Waals surface area contributed by atoms with Crippen molar-refractivity contribution in [2.45, 2.75) is 57.9 Å². The van der Waals surface area contributed by atoms with Gasteiger partial charge in [0.1, 0.15) is 5.82 Å². The van der Waals surface area contributed by atoms with Crippen LogP contribution in [0.4, 0.5) is 10.1 Å². The highest BCUT2D eigenvalue weighted by Crippen LogP contribution is 2.32. The van der Waals surface area contributed by atoms with Gasteiger partial charge in [0.15, 0.2) is 0 Å². The number of aromatic amines is 1. The molecule has 1 saturated carbocycles. The van der Waals surface area contributed by atoms with E-state index in [1.165, 1.54) is 6.07 Å². The molecule has 37 heavy (non-hydrogen) atoms. The molecular formula is C28H37FN4O3S. The Morgan fingerprint density at radius 1 is 1.03 bits per heavy atom. The average Bonchev–Trinajstić information content (AvgIpc) is 3.27. The van der Waals surface area contributed by atoms with Gasteiger partial charge in [0.25, 0.3) is 0 Å². The van der Waals surface area contributed by atoms with Crippen LogP contribution in [-0.2, 0) is 27.8 Å². The lowest BCUT2D eigenvalue weighted by atomic mass is 9.79. The monoisotopic (exact) mass is 528 g/mol. The van der Waals surface area contributed by atoms with Gasteiger partial charge in [-0.1, -0.05) is 30.7 Å². The molecule has 0 spiro atoms. The molecule has 9 heteroatoms. The first-order valence-corrected chi connectivity index (χ1v) is 14.8. The molecule has 1 amide bonds. The number of nitrogens with one attached hydrogen (secondary N) is 3. The van der Waals surface area contributed by atoms with E-state index in [-0.39, 0.29) is 29.9 Å². The summed E-state index contributed by atoms with van der Waals surface area (Å²) in [5, 5.41) is 3.93. The number of carbonyl (C=O) groups excluding carboxylic acids is 1. The van der Waals surface area contributed by atoms with Crippen LogP contribution in [-0.4, -0.2) is 31.6 Å². The molecule has 2 aromatic carbocycles. The van der Waals surface area contributed by atoms with Gasteiger partial charge >= 0.3 is 0 Å². The van der Waals surface area contributed by atoms with Crippen LogP contribution in [0, 0.1) is 17.7 Å². The molecule has 1 heterocycles. The van der Waals surface area contributed by atoms with E-state index in [1.807, 2.05) is 12.1 Å². The molecule has 200 valence electrons. The second-order valence-corrected chi connectivity index (χ2v) is 11.9. The Hall–Kier alpha value is -2.91. The zero-order valence-corrected chi connectivity index (χ0v) is 22.0. The molecule has 1 aliphatic carbocycles. The van der Waals surface area contributed by atoms with Gasteiger partial charge in [0, 0.05) is 29.2 Å². The highest BCUT2D eigenvalue weighted by Gasteiger charge is 2.26. The maximum atomic E-state index is 13.8. The predicted molar refractivity (Wildman–Crippen MR) is 146 cm³/mol. The zero-order valence-electron chi connectivity index (χ0n) is 21.1. The number of hydrogen-bond donors (Lipinski definition) is 4. The third-order valence-electron chi connectivity index (χ3n) is 7.21. The van der Waals surface area contributed by atoms with Gasteiger partial charge in [-0.05, 0) is 87.1 Å². The topological polar surface area (TPSA) is 117 Å². The van der Waals surface area contributed by atoms with Crippen LogP contribution in [0.3, 0.4) is 0 Å². The van der Waals surface area contributed by atoms with Crippen molar-refractivity contribution >= 4 is 32.5 Å². The van der Waals surface area contributed by atoms with Crippen molar-refractivity contribution in [1.82, 2.24) is 10.3 Å². The van der Waals surface area contributed by atoms with Crippen molar-refractivity contribution in [3.05, 3.63) is 65.6 Å². The number of carbonyl (C=O) groups is 1. The van der Waals surface area contributed by atoms with E-state index >= 15 is 0 Å². The molecule has 0 unspecified atom stereocenters. The van der Waals surface area contributed by atoms with Gasteiger partial charge in [0.05, 0.1) is 11.4 Å². The number of sulfonamides is 1. The minimum atomic E-state index is -3.39. The van der Waals surface area contributed by atoms with E-state index in [0.29, 0.717) is 30.1 Å². The Kier molecular flexibility index (Phi) is 9.21. The van der Waals surface area contributed by atoms with Crippen LogP contribution < -0.4 is 15.8 Å². The highest BCUT2D eigenvalue weighted by atomic mass is 32.2. The maximum Gasteiger partial charge on any atom is 0.232 e. The van der Waals surface area contributed by atoms with Crippen LogP contribution >= 0.6 is 0 Å². The fourth-order valence-corrected chi connectivity index (χ4v) is 6.28. The van der Waals surface area contributed by atoms with Gasteiger partial charge < -0.3 is 16.0 Å². The molecule has 4 rings (SSSR count). The number of rotatable bonds is 12. The Morgan fingerprint density at radius 3 is 2.57 bits per heavy atom. The molecule has 1 fully saturated rings. The average molecular weight is 529 g/mol. The fourth-order valence-electron chi connectivity index (χ4n) is 5.11. The summed E-state index contributed by atoms with van der Waals surface area (Å²) in [6, 6.07) is 14.2. The molecule has 0 aliphatic heterocycles. The molecule has 7 nitrogen and oxygen atoms in total. The number of nitrogens with two attached hydrogens (primary N) is 1. The van der Waals surface area contributed by atoms with E-state index in [4.69, 9.17) is 5.73 Å². The largest absolute Gasteiger partial charge is 0.358 e. The summed E-state index contributed by atoms with van der Waals surface area (Å²) in [4.78, 5) is 16.0. The lowest BCUT2D eigenvalue weighted by Crippen LogP contribution is -2.33. The van der Waals surface area contributed by atoms with Crippen LogP contribution in [0.15, 0.2) is 48.5 Å². The van der Waals surface area contributed by atoms with E-state index < -0.39 is 10.0 Å². The van der Waals surface area contributed by atoms with Crippen molar-refractivity contribution in [2.75, 3.05) is 17.0 Å². The van der Waals surface area contributed by atoms with Gasteiger partial charge in [-0.25, -0.2) is 12.8 Å². The zero-order chi connectivity index (χ0) is 26.3.